The van der Waals surface area contributed by atoms with E-state index < -0.39 is 0 Å². The summed E-state index contributed by atoms with van der Waals surface area (Å²) in [5.74, 6) is 0.321. The van der Waals surface area contributed by atoms with Crippen LogP contribution in [0.25, 0.3) is 0 Å². The van der Waals surface area contributed by atoms with Gasteiger partial charge >= 0.3 is 0 Å². The third kappa shape index (κ3) is 6.26. The van der Waals surface area contributed by atoms with Crippen molar-refractivity contribution >= 4 is 17.2 Å². The zero-order chi connectivity index (χ0) is 8.69. The van der Waals surface area contributed by atoms with Crippen LogP contribution in [-0.2, 0) is 0 Å². The highest BCUT2D eigenvalue weighted by Gasteiger charge is 2.02. The second-order valence-corrected chi connectivity index (χ2v) is 3.33. The van der Waals surface area contributed by atoms with Crippen molar-refractivity contribution in [3.63, 3.8) is 0 Å². The van der Waals surface area contributed by atoms with Crippen LogP contribution in [0.2, 0.25) is 0 Å². The molecule has 0 aliphatic heterocycles. The topological polar surface area (TPSA) is 38.0 Å². The van der Waals surface area contributed by atoms with Crippen molar-refractivity contribution in [2.45, 2.75) is 26.7 Å². The van der Waals surface area contributed by atoms with E-state index in [4.69, 9.17) is 18.0 Å². The van der Waals surface area contributed by atoms with Crippen LogP contribution in [0, 0.1) is 5.92 Å². The monoisotopic (exact) mass is 174 g/mol. The molecule has 3 heteroatoms. The van der Waals surface area contributed by atoms with Crippen molar-refractivity contribution in [2.24, 2.45) is 11.7 Å². The van der Waals surface area contributed by atoms with Crippen molar-refractivity contribution in [3.8, 4) is 0 Å². The molecule has 0 amide bonds. The van der Waals surface area contributed by atoms with Gasteiger partial charge in [0.25, 0.3) is 0 Å². The Hall–Kier alpha value is -0.150. The lowest BCUT2D eigenvalue weighted by Gasteiger charge is -2.09. The second kappa shape index (κ2) is 6.55. The Morgan fingerprint density at radius 2 is 2.27 bits per heavy atom. The molecule has 0 aromatic rings. The summed E-state index contributed by atoms with van der Waals surface area (Å²) in [6.07, 6.45) is 2.46. The highest BCUT2D eigenvalue weighted by Crippen LogP contribution is 1.92. The molecular formula is C8H18N2S. The molecule has 0 bridgehead atoms. The van der Waals surface area contributed by atoms with E-state index in [0.717, 1.165) is 13.1 Å². The van der Waals surface area contributed by atoms with Crippen molar-refractivity contribution < 1.29 is 0 Å². The Morgan fingerprint density at radius 3 is 2.73 bits per heavy atom. The van der Waals surface area contributed by atoms with Gasteiger partial charge in [0, 0.05) is 12.5 Å². The van der Waals surface area contributed by atoms with Crippen LogP contribution < -0.4 is 11.1 Å². The maximum atomic E-state index is 5.44. The van der Waals surface area contributed by atoms with E-state index in [1.54, 1.807) is 0 Å². The van der Waals surface area contributed by atoms with E-state index in [-0.39, 0.29) is 0 Å². The van der Waals surface area contributed by atoms with E-state index in [0.29, 0.717) is 10.9 Å². The predicted molar refractivity (Wildman–Crippen MR) is 53.7 cm³/mol. The van der Waals surface area contributed by atoms with Gasteiger partial charge < -0.3 is 11.1 Å². The fourth-order valence-electron chi connectivity index (χ4n) is 0.721. The van der Waals surface area contributed by atoms with Gasteiger partial charge in [-0.05, 0) is 13.0 Å². The fourth-order valence-corrected chi connectivity index (χ4v) is 0.804. The molecule has 0 radical (unpaired) electrons. The first-order valence-corrected chi connectivity index (χ1v) is 4.59. The van der Waals surface area contributed by atoms with Gasteiger partial charge in [0.1, 0.15) is 0 Å². The Labute approximate surface area is 74.5 Å². The van der Waals surface area contributed by atoms with E-state index in [1.807, 2.05) is 6.92 Å². The van der Waals surface area contributed by atoms with E-state index >= 15 is 0 Å². The summed E-state index contributed by atoms with van der Waals surface area (Å²) in [6.45, 7) is 6.21. The maximum Gasteiger partial charge on any atom is 0.0768 e. The lowest BCUT2D eigenvalue weighted by atomic mass is 10.2. The SMILES string of the molecule is CCCCNCC(C)C(N)=S. The third-order valence-electron chi connectivity index (χ3n) is 1.64. The quantitative estimate of drug-likeness (QED) is 0.471. The number of hydrogen-bond acceptors (Lipinski definition) is 2. The predicted octanol–water partition coefficient (Wildman–Crippen LogP) is 1.30. The summed E-state index contributed by atoms with van der Waals surface area (Å²) in [5, 5.41) is 3.30. The number of rotatable bonds is 6. The minimum atomic E-state index is 0.321. The van der Waals surface area contributed by atoms with Gasteiger partial charge in [0.15, 0.2) is 0 Å². The summed E-state index contributed by atoms with van der Waals surface area (Å²) in [4.78, 5) is 0.606. The van der Waals surface area contributed by atoms with E-state index in [9.17, 15) is 0 Å². The Balaban J connectivity index is 3.17. The number of unbranched alkanes of at least 4 members (excludes halogenated alkanes) is 1. The fraction of sp³-hybridized carbons (Fsp3) is 0.875. The van der Waals surface area contributed by atoms with Crippen molar-refractivity contribution in [1.29, 1.82) is 0 Å². The number of thiocarbonyl (C=S) groups is 1. The molecule has 0 aromatic carbocycles. The van der Waals surface area contributed by atoms with Crippen LogP contribution in [-0.4, -0.2) is 18.1 Å². The minimum absolute atomic E-state index is 0.321. The highest BCUT2D eigenvalue weighted by molar-refractivity contribution is 7.80. The molecule has 3 N–H and O–H groups in total. The first-order chi connectivity index (χ1) is 5.18. The van der Waals surface area contributed by atoms with Gasteiger partial charge in [-0.3, -0.25) is 0 Å². The first kappa shape index (κ1) is 10.8. The second-order valence-electron chi connectivity index (χ2n) is 2.86. The minimum Gasteiger partial charge on any atom is -0.393 e. The molecule has 2 nitrogen and oxygen atoms in total. The molecule has 0 spiro atoms. The smallest absolute Gasteiger partial charge is 0.0768 e. The molecule has 1 unspecified atom stereocenters. The summed E-state index contributed by atoms with van der Waals surface area (Å²) in [5.41, 5.74) is 5.44. The van der Waals surface area contributed by atoms with Crippen LogP contribution in [0.3, 0.4) is 0 Å². The lowest BCUT2D eigenvalue weighted by Crippen LogP contribution is -2.30. The van der Waals surface area contributed by atoms with Gasteiger partial charge in [-0.15, -0.1) is 0 Å². The molecule has 0 aliphatic carbocycles. The number of hydrogen-bond donors (Lipinski definition) is 2. The summed E-state index contributed by atoms with van der Waals surface area (Å²) >= 11 is 4.83. The molecule has 0 heterocycles. The van der Waals surface area contributed by atoms with Gasteiger partial charge in [-0.2, -0.15) is 0 Å². The van der Waals surface area contributed by atoms with Gasteiger partial charge in [0.2, 0.25) is 0 Å². The molecular weight excluding hydrogens is 156 g/mol. The van der Waals surface area contributed by atoms with Gasteiger partial charge in [0.05, 0.1) is 4.99 Å². The number of nitrogens with two attached hydrogens (primary N) is 1. The molecule has 0 aromatic heterocycles. The summed E-state index contributed by atoms with van der Waals surface area (Å²) in [7, 11) is 0. The standard InChI is InChI=1S/C8H18N2S/c1-3-4-5-10-6-7(2)8(9)11/h7,10H,3-6H2,1-2H3,(H2,9,11). The normalized spacial score (nSPS) is 12.9. The van der Waals surface area contributed by atoms with E-state index in [2.05, 4.69) is 12.2 Å². The molecule has 1 atom stereocenters. The van der Waals surface area contributed by atoms with Crippen LogP contribution in [0.4, 0.5) is 0 Å². The summed E-state index contributed by atoms with van der Waals surface area (Å²) in [6, 6.07) is 0. The van der Waals surface area contributed by atoms with Crippen LogP contribution >= 0.6 is 12.2 Å². The number of nitrogens with one attached hydrogen (secondary N) is 1. The molecule has 66 valence electrons. The zero-order valence-electron chi connectivity index (χ0n) is 7.39. The van der Waals surface area contributed by atoms with Crippen LogP contribution in [0.15, 0.2) is 0 Å². The largest absolute Gasteiger partial charge is 0.393 e. The van der Waals surface area contributed by atoms with Crippen LogP contribution in [0.1, 0.15) is 26.7 Å². The van der Waals surface area contributed by atoms with E-state index in [1.165, 1.54) is 12.8 Å². The Bertz CT molecular complexity index is 115. The first-order valence-electron chi connectivity index (χ1n) is 4.18. The van der Waals surface area contributed by atoms with Crippen molar-refractivity contribution in [3.05, 3.63) is 0 Å². The zero-order valence-corrected chi connectivity index (χ0v) is 8.21. The van der Waals surface area contributed by atoms with Crippen LogP contribution in [0.5, 0.6) is 0 Å². The molecule has 0 saturated heterocycles. The van der Waals surface area contributed by atoms with Gasteiger partial charge in [-0.25, -0.2) is 0 Å². The molecule has 11 heavy (non-hydrogen) atoms. The Morgan fingerprint density at radius 1 is 1.64 bits per heavy atom. The maximum absolute atomic E-state index is 5.44. The van der Waals surface area contributed by atoms with Crippen molar-refractivity contribution in [2.75, 3.05) is 13.1 Å². The lowest BCUT2D eigenvalue weighted by molar-refractivity contribution is 0.592. The Kier molecular flexibility index (Phi) is 6.46. The summed E-state index contributed by atoms with van der Waals surface area (Å²) < 4.78 is 0. The average molecular weight is 174 g/mol. The molecule has 0 fully saturated rings. The highest BCUT2D eigenvalue weighted by atomic mass is 32.1. The third-order valence-corrected chi connectivity index (χ3v) is 2.05. The van der Waals surface area contributed by atoms with Gasteiger partial charge in [-0.1, -0.05) is 32.5 Å². The molecule has 0 aliphatic rings. The van der Waals surface area contributed by atoms with Crippen molar-refractivity contribution in [1.82, 2.24) is 5.32 Å². The molecule has 0 rings (SSSR count). The molecule has 0 saturated carbocycles. The average Bonchev–Trinajstić information content (AvgIpc) is 1.97.